The molecule has 8 nitrogen and oxygen atoms in total. The standard InChI is InChI=1S/C9H13N3O5S/c1-9(2-3-17-5-9)12-18(15,16)7-6(8(13)14)4-10-11-7/h4,12H,2-3,5H2,1H3,(H,10,11)(H,13,14). The van der Waals surface area contributed by atoms with Crippen molar-refractivity contribution in [3.63, 3.8) is 0 Å². The van der Waals surface area contributed by atoms with Crippen molar-refractivity contribution in [3.05, 3.63) is 11.8 Å². The molecule has 2 rings (SSSR count). The molecule has 1 unspecified atom stereocenters. The third-order valence-electron chi connectivity index (χ3n) is 2.70. The van der Waals surface area contributed by atoms with Crippen LogP contribution in [0.25, 0.3) is 0 Å². The Hall–Kier alpha value is -1.45. The SMILES string of the molecule is CC1(NS(=O)(=O)c2[nH]ncc2C(=O)O)CCOC1. The van der Waals surface area contributed by atoms with Crippen molar-refractivity contribution < 1.29 is 23.1 Å². The van der Waals surface area contributed by atoms with E-state index in [2.05, 4.69) is 14.9 Å². The molecule has 1 atom stereocenters. The number of hydrogen-bond donors (Lipinski definition) is 3. The predicted octanol–water partition coefficient (Wildman–Crippen LogP) is -0.435. The lowest BCUT2D eigenvalue weighted by Gasteiger charge is -2.22. The summed E-state index contributed by atoms with van der Waals surface area (Å²) in [7, 11) is -3.96. The second-order valence-electron chi connectivity index (χ2n) is 4.39. The molecule has 0 aromatic carbocycles. The summed E-state index contributed by atoms with van der Waals surface area (Å²) in [4.78, 5) is 10.9. The largest absolute Gasteiger partial charge is 0.478 e. The van der Waals surface area contributed by atoms with Crippen molar-refractivity contribution in [2.45, 2.75) is 23.9 Å². The minimum atomic E-state index is -3.96. The van der Waals surface area contributed by atoms with E-state index in [1.54, 1.807) is 6.92 Å². The molecule has 3 N–H and O–H groups in total. The summed E-state index contributed by atoms with van der Waals surface area (Å²) in [6, 6.07) is 0. The van der Waals surface area contributed by atoms with Crippen LogP contribution < -0.4 is 4.72 Å². The van der Waals surface area contributed by atoms with Crippen molar-refractivity contribution in [3.8, 4) is 0 Å². The van der Waals surface area contributed by atoms with Gasteiger partial charge in [0.2, 0.25) is 0 Å². The van der Waals surface area contributed by atoms with Crippen LogP contribution in [0.4, 0.5) is 0 Å². The Morgan fingerprint density at radius 3 is 2.94 bits per heavy atom. The highest BCUT2D eigenvalue weighted by Gasteiger charge is 2.36. The number of nitrogens with one attached hydrogen (secondary N) is 2. The molecule has 1 aromatic heterocycles. The molecule has 0 spiro atoms. The number of H-pyrrole nitrogens is 1. The van der Waals surface area contributed by atoms with Gasteiger partial charge in [-0.25, -0.2) is 17.9 Å². The minimum absolute atomic E-state index is 0.253. The Balaban J connectivity index is 2.31. The Kier molecular flexibility index (Phi) is 3.13. The average Bonchev–Trinajstić information content (AvgIpc) is 2.85. The highest BCUT2D eigenvalue weighted by atomic mass is 32.2. The summed E-state index contributed by atoms with van der Waals surface area (Å²) in [6.07, 6.45) is 1.49. The van der Waals surface area contributed by atoms with Gasteiger partial charge in [0.15, 0.2) is 5.03 Å². The van der Waals surface area contributed by atoms with E-state index < -0.39 is 26.6 Å². The number of aromatic amines is 1. The molecule has 1 saturated heterocycles. The van der Waals surface area contributed by atoms with Crippen LogP contribution in [0.2, 0.25) is 0 Å². The smallest absolute Gasteiger partial charge is 0.340 e. The molecule has 18 heavy (non-hydrogen) atoms. The molecule has 1 aliphatic rings. The molecular formula is C9H13N3O5S. The Labute approximate surface area is 103 Å². The summed E-state index contributed by atoms with van der Waals surface area (Å²) < 4.78 is 31.7. The molecule has 0 saturated carbocycles. The van der Waals surface area contributed by atoms with Gasteiger partial charge in [0.25, 0.3) is 10.0 Å². The molecule has 2 heterocycles. The number of carbonyl (C=O) groups is 1. The van der Waals surface area contributed by atoms with Crippen LogP contribution >= 0.6 is 0 Å². The first kappa shape index (κ1) is 13.0. The number of ether oxygens (including phenoxy) is 1. The van der Waals surface area contributed by atoms with E-state index in [1.807, 2.05) is 0 Å². The van der Waals surface area contributed by atoms with Gasteiger partial charge in [-0.15, -0.1) is 0 Å². The van der Waals surface area contributed by atoms with E-state index in [-0.39, 0.29) is 12.2 Å². The van der Waals surface area contributed by atoms with Crippen LogP contribution in [-0.4, -0.2) is 48.4 Å². The van der Waals surface area contributed by atoms with Gasteiger partial charge in [0, 0.05) is 6.61 Å². The van der Waals surface area contributed by atoms with Crippen LogP contribution in [-0.2, 0) is 14.8 Å². The number of nitrogens with zero attached hydrogens (tertiary/aromatic N) is 1. The van der Waals surface area contributed by atoms with Crippen LogP contribution in [0.5, 0.6) is 0 Å². The zero-order valence-corrected chi connectivity index (χ0v) is 10.5. The van der Waals surface area contributed by atoms with Gasteiger partial charge in [0.1, 0.15) is 5.56 Å². The molecule has 1 aromatic rings. The molecular weight excluding hydrogens is 262 g/mol. The first-order chi connectivity index (χ1) is 8.34. The van der Waals surface area contributed by atoms with Crippen molar-refractivity contribution in [1.82, 2.24) is 14.9 Å². The Morgan fingerprint density at radius 2 is 2.39 bits per heavy atom. The van der Waals surface area contributed by atoms with Crippen molar-refractivity contribution in [2.24, 2.45) is 0 Å². The lowest BCUT2D eigenvalue weighted by Crippen LogP contribution is -2.46. The molecule has 0 radical (unpaired) electrons. The second kappa shape index (κ2) is 4.34. The maximum absolute atomic E-state index is 12.1. The quantitative estimate of drug-likeness (QED) is 0.685. The van der Waals surface area contributed by atoms with Gasteiger partial charge in [-0.1, -0.05) is 0 Å². The Morgan fingerprint density at radius 1 is 1.67 bits per heavy atom. The normalized spacial score (nSPS) is 24.3. The third kappa shape index (κ3) is 2.37. The van der Waals surface area contributed by atoms with Crippen molar-refractivity contribution >= 4 is 16.0 Å². The van der Waals surface area contributed by atoms with Crippen LogP contribution in [0.1, 0.15) is 23.7 Å². The molecule has 0 bridgehead atoms. The van der Waals surface area contributed by atoms with Crippen molar-refractivity contribution in [2.75, 3.05) is 13.2 Å². The second-order valence-corrected chi connectivity index (χ2v) is 6.01. The Bertz CT molecular complexity index is 559. The molecule has 100 valence electrons. The lowest BCUT2D eigenvalue weighted by atomic mass is 10.0. The van der Waals surface area contributed by atoms with Gasteiger partial charge in [-0.05, 0) is 13.3 Å². The number of carboxylic acid groups (broad SMARTS) is 1. The highest BCUT2D eigenvalue weighted by Crippen LogP contribution is 2.21. The first-order valence-electron chi connectivity index (χ1n) is 5.22. The van der Waals surface area contributed by atoms with Gasteiger partial charge < -0.3 is 9.84 Å². The summed E-state index contributed by atoms with van der Waals surface area (Å²) in [6.45, 7) is 2.42. The predicted molar refractivity (Wildman–Crippen MR) is 59.7 cm³/mol. The van der Waals surface area contributed by atoms with E-state index in [9.17, 15) is 13.2 Å². The highest BCUT2D eigenvalue weighted by molar-refractivity contribution is 7.89. The number of sulfonamides is 1. The number of carboxylic acids is 1. The average molecular weight is 275 g/mol. The van der Waals surface area contributed by atoms with Crippen LogP contribution in [0, 0.1) is 0 Å². The zero-order chi connectivity index (χ0) is 13.4. The van der Waals surface area contributed by atoms with Crippen molar-refractivity contribution in [1.29, 1.82) is 0 Å². The van der Waals surface area contributed by atoms with Gasteiger partial charge in [-0.3, -0.25) is 5.10 Å². The lowest BCUT2D eigenvalue weighted by molar-refractivity contribution is 0.0692. The fourth-order valence-corrected chi connectivity index (χ4v) is 3.27. The minimum Gasteiger partial charge on any atom is -0.478 e. The summed E-state index contributed by atoms with van der Waals surface area (Å²) in [5.41, 5.74) is -1.11. The molecule has 9 heteroatoms. The molecule has 0 aliphatic carbocycles. The fraction of sp³-hybridized carbons (Fsp3) is 0.556. The number of hydrogen-bond acceptors (Lipinski definition) is 5. The number of aromatic carboxylic acids is 1. The topological polar surface area (TPSA) is 121 Å². The van der Waals surface area contributed by atoms with E-state index in [0.29, 0.717) is 13.0 Å². The van der Waals surface area contributed by atoms with E-state index in [1.165, 1.54) is 0 Å². The van der Waals surface area contributed by atoms with Gasteiger partial charge in [-0.2, -0.15) is 5.10 Å². The molecule has 1 fully saturated rings. The van der Waals surface area contributed by atoms with E-state index >= 15 is 0 Å². The number of rotatable bonds is 4. The van der Waals surface area contributed by atoms with Gasteiger partial charge in [0.05, 0.1) is 18.3 Å². The maximum Gasteiger partial charge on any atom is 0.340 e. The monoisotopic (exact) mass is 275 g/mol. The van der Waals surface area contributed by atoms with Gasteiger partial charge >= 0.3 is 5.97 Å². The number of aromatic nitrogens is 2. The molecule has 0 amide bonds. The van der Waals surface area contributed by atoms with E-state index in [0.717, 1.165) is 6.20 Å². The third-order valence-corrected chi connectivity index (χ3v) is 4.31. The van der Waals surface area contributed by atoms with Crippen LogP contribution in [0.3, 0.4) is 0 Å². The summed E-state index contributed by atoms with van der Waals surface area (Å²) in [5.74, 6) is -1.35. The molecule has 1 aliphatic heterocycles. The zero-order valence-electron chi connectivity index (χ0n) is 9.63. The first-order valence-corrected chi connectivity index (χ1v) is 6.71. The maximum atomic E-state index is 12.1. The van der Waals surface area contributed by atoms with E-state index in [4.69, 9.17) is 9.84 Å². The van der Waals surface area contributed by atoms with Crippen LogP contribution in [0.15, 0.2) is 11.2 Å². The summed E-state index contributed by atoms with van der Waals surface area (Å²) in [5, 5.41) is 14.1. The fourth-order valence-electron chi connectivity index (χ4n) is 1.75. The summed E-state index contributed by atoms with van der Waals surface area (Å²) >= 11 is 0.